The molecule has 1 fully saturated rings. The van der Waals surface area contributed by atoms with Crippen LogP contribution in [0.3, 0.4) is 0 Å². The minimum atomic E-state index is -0.414. The predicted molar refractivity (Wildman–Crippen MR) is 91.5 cm³/mol. The summed E-state index contributed by atoms with van der Waals surface area (Å²) in [6, 6.07) is -0.270. The third-order valence-corrected chi connectivity index (χ3v) is 5.79. The molecule has 1 aromatic rings. The van der Waals surface area contributed by atoms with Crippen LogP contribution in [-0.2, 0) is 10.2 Å². The highest BCUT2D eigenvalue weighted by Crippen LogP contribution is 2.39. The molecule has 0 saturated carbocycles. The summed E-state index contributed by atoms with van der Waals surface area (Å²) in [7, 11) is 0. The lowest BCUT2D eigenvalue weighted by Gasteiger charge is -2.31. The Labute approximate surface area is 140 Å². The first-order valence-corrected chi connectivity index (χ1v) is 8.93. The van der Waals surface area contributed by atoms with E-state index >= 15 is 0 Å². The van der Waals surface area contributed by atoms with Crippen molar-refractivity contribution in [3.8, 4) is 0 Å². The zero-order valence-electron chi connectivity index (χ0n) is 13.3. The number of aryl methyl sites for hydroxylation is 1. The van der Waals surface area contributed by atoms with Gasteiger partial charge in [0.05, 0.1) is 23.4 Å². The molecule has 2 aliphatic rings. The van der Waals surface area contributed by atoms with E-state index < -0.39 is 6.10 Å². The molecule has 0 aromatic carbocycles. The van der Waals surface area contributed by atoms with E-state index in [9.17, 15) is 9.90 Å². The van der Waals surface area contributed by atoms with Gasteiger partial charge in [-0.2, -0.15) is 0 Å². The van der Waals surface area contributed by atoms with E-state index in [-0.39, 0.29) is 17.4 Å². The third-order valence-electron chi connectivity index (χ3n) is 4.64. The van der Waals surface area contributed by atoms with Crippen LogP contribution in [0.4, 0.5) is 0 Å². The highest BCUT2D eigenvalue weighted by atomic mass is 32.1. The van der Waals surface area contributed by atoms with E-state index in [1.807, 2.05) is 12.4 Å². The molecule has 3 atom stereocenters. The zero-order valence-corrected chi connectivity index (χ0v) is 14.1. The van der Waals surface area contributed by atoms with Crippen molar-refractivity contribution in [1.82, 2.24) is 15.6 Å². The number of rotatable bonds is 5. The number of β-amino-alcohol motifs (C(OH)–C–C–N with tert-alkyl or cyclic N) is 1. The molecule has 0 bridgehead atoms. The number of carbonyl (C=O) groups is 1. The first-order chi connectivity index (χ1) is 11.1. The average molecular weight is 333 g/mol. The number of aromatic nitrogens is 1. The summed E-state index contributed by atoms with van der Waals surface area (Å²) in [6.45, 7) is 3.15. The van der Waals surface area contributed by atoms with Gasteiger partial charge in [0.1, 0.15) is 0 Å². The summed E-state index contributed by atoms with van der Waals surface area (Å²) >= 11 is 1.68. The van der Waals surface area contributed by atoms with Crippen LogP contribution >= 0.6 is 11.3 Å². The second-order valence-corrected chi connectivity index (χ2v) is 7.16. The third kappa shape index (κ3) is 3.54. The Morgan fingerprint density at radius 2 is 2.43 bits per heavy atom. The van der Waals surface area contributed by atoms with Gasteiger partial charge >= 0.3 is 0 Å². The summed E-state index contributed by atoms with van der Waals surface area (Å²) in [5.41, 5.74) is 2.89. The number of amides is 1. The number of allylic oxidation sites excluding steroid dienone is 4. The number of aliphatic hydroxyl groups excluding tert-OH is 1. The van der Waals surface area contributed by atoms with Gasteiger partial charge in [-0.05, 0) is 26.2 Å². The lowest BCUT2D eigenvalue weighted by atomic mass is 9.76. The van der Waals surface area contributed by atoms with Crippen LogP contribution < -0.4 is 10.6 Å². The number of hydrogen-bond donors (Lipinski definition) is 3. The molecule has 3 N–H and O–H groups in total. The smallest absolute Gasteiger partial charge is 0.237 e. The first-order valence-electron chi connectivity index (χ1n) is 8.05. The molecule has 2 unspecified atom stereocenters. The van der Waals surface area contributed by atoms with Crippen molar-refractivity contribution >= 4 is 17.2 Å². The van der Waals surface area contributed by atoms with Crippen molar-refractivity contribution in [3.05, 3.63) is 40.4 Å². The Morgan fingerprint density at radius 1 is 1.57 bits per heavy atom. The van der Waals surface area contributed by atoms with E-state index in [2.05, 4.69) is 39.9 Å². The van der Waals surface area contributed by atoms with E-state index in [0.717, 1.165) is 18.5 Å². The molecule has 1 aliphatic heterocycles. The van der Waals surface area contributed by atoms with E-state index in [1.54, 1.807) is 11.3 Å². The monoisotopic (exact) mass is 333 g/mol. The van der Waals surface area contributed by atoms with Crippen molar-refractivity contribution in [3.63, 3.8) is 0 Å². The van der Waals surface area contributed by atoms with E-state index in [1.165, 1.54) is 4.88 Å². The predicted octanol–water partition coefficient (Wildman–Crippen LogP) is 1.43. The van der Waals surface area contributed by atoms with E-state index in [4.69, 9.17) is 0 Å². The van der Waals surface area contributed by atoms with Gasteiger partial charge in [0.25, 0.3) is 0 Å². The summed E-state index contributed by atoms with van der Waals surface area (Å²) < 4.78 is 0. The molecule has 1 aromatic heterocycles. The Balaban J connectivity index is 1.62. The molecule has 1 saturated heterocycles. The molecule has 2 heterocycles. The lowest BCUT2D eigenvalue weighted by molar-refractivity contribution is -0.122. The van der Waals surface area contributed by atoms with Crippen LogP contribution in [0.1, 0.15) is 29.8 Å². The number of nitrogens with zero attached hydrogens (tertiary/aromatic N) is 1. The first kappa shape index (κ1) is 16.4. The van der Waals surface area contributed by atoms with E-state index in [0.29, 0.717) is 19.5 Å². The van der Waals surface area contributed by atoms with Crippen LogP contribution in [0.2, 0.25) is 0 Å². The summed E-state index contributed by atoms with van der Waals surface area (Å²) in [5, 5.41) is 15.6. The number of nitrogens with one attached hydrogen (secondary N) is 2. The van der Waals surface area contributed by atoms with Crippen molar-refractivity contribution in [1.29, 1.82) is 0 Å². The molecular formula is C17H23N3O2S. The zero-order chi connectivity index (χ0) is 16.3. The van der Waals surface area contributed by atoms with Crippen molar-refractivity contribution < 1.29 is 9.90 Å². The van der Waals surface area contributed by atoms with Gasteiger partial charge < -0.3 is 15.7 Å². The van der Waals surface area contributed by atoms with Crippen LogP contribution in [-0.4, -0.2) is 41.2 Å². The molecule has 1 aliphatic carbocycles. The van der Waals surface area contributed by atoms with Crippen LogP contribution in [0.15, 0.2) is 29.8 Å². The molecule has 6 heteroatoms. The van der Waals surface area contributed by atoms with Crippen LogP contribution in [0.25, 0.3) is 0 Å². The Morgan fingerprint density at radius 3 is 3.04 bits per heavy atom. The Hall–Kier alpha value is -1.50. The molecule has 5 nitrogen and oxygen atoms in total. The van der Waals surface area contributed by atoms with Gasteiger partial charge in [0.15, 0.2) is 0 Å². The molecule has 0 radical (unpaired) electrons. The molecule has 1 amide bonds. The largest absolute Gasteiger partial charge is 0.392 e. The van der Waals surface area contributed by atoms with Gasteiger partial charge in [-0.1, -0.05) is 24.3 Å². The maximum absolute atomic E-state index is 12.2. The fraction of sp³-hybridized carbons (Fsp3) is 0.529. The fourth-order valence-corrected chi connectivity index (χ4v) is 4.39. The van der Waals surface area contributed by atoms with Gasteiger partial charge in [0, 0.05) is 23.4 Å². The summed E-state index contributed by atoms with van der Waals surface area (Å²) in [6.07, 6.45) is 10.4. The van der Waals surface area contributed by atoms with Gasteiger partial charge in [-0.15, -0.1) is 11.3 Å². The number of aliphatic hydroxyl groups is 1. The van der Waals surface area contributed by atoms with Crippen LogP contribution in [0.5, 0.6) is 0 Å². The maximum Gasteiger partial charge on any atom is 0.237 e. The second-order valence-electron chi connectivity index (χ2n) is 6.31. The Bertz CT molecular complexity index is 625. The lowest BCUT2D eigenvalue weighted by Crippen LogP contribution is -2.42. The standard InChI is InChI=1S/C17H23N3O2S/c1-12-15(23-11-20-12)17(5-3-2-4-6-17)7-8-18-16(22)14-9-13(21)10-19-14/h2-5,11,13-14,19,21H,6-10H2,1H3,(H,18,22)/t13?,14?,17-/m0/s1. The van der Waals surface area contributed by atoms with Gasteiger partial charge in [0.2, 0.25) is 5.91 Å². The SMILES string of the molecule is Cc1ncsc1[C@@]1(CCNC(=O)C2CC(O)CN2)C=CC=CC1. The average Bonchev–Trinajstić information content (AvgIpc) is 3.17. The topological polar surface area (TPSA) is 74.2 Å². The highest BCUT2D eigenvalue weighted by Gasteiger charge is 2.33. The minimum absolute atomic E-state index is 0.0203. The summed E-state index contributed by atoms with van der Waals surface area (Å²) in [5.74, 6) is -0.0203. The second kappa shape index (κ2) is 6.95. The number of thiazole rings is 1. The highest BCUT2D eigenvalue weighted by molar-refractivity contribution is 7.10. The molecule has 23 heavy (non-hydrogen) atoms. The molecule has 0 spiro atoms. The fourth-order valence-electron chi connectivity index (χ4n) is 3.36. The quantitative estimate of drug-likeness (QED) is 0.762. The van der Waals surface area contributed by atoms with Gasteiger partial charge in [-0.3, -0.25) is 4.79 Å². The normalized spacial score (nSPS) is 29.8. The minimum Gasteiger partial charge on any atom is -0.392 e. The molecule has 124 valence electrons. The molecule has 3 rings (SSSR count). The van der Waals surface area contributed by atoms with Crippen molar-refractivity contribution in [2.75, 3.05) is 13.1 Å². The summed E-state index contributed by atoms with van der Waals surface area (Å²) in [4.78, 5) is 17.8. The van der Waals surface area contributed by atoms with Crippen molar-refractivity contribution in [2.45, 2.75) is 43.7 Å². The Kier molecular flexibility index (Phi) is 4.94. The number of carbonyl (C=O) groups excluding carboxylic acids is 1. The van der Waals surface area contributed by atoms with Crippen LogP contribution in [0, 0.1) is 6.92 Å². The number of hydrogen-bond acceptors (Lipinski definition) is 5. The van der Waals surface area contributed by atoms with Crippen molar-refractivity contribution in [2.24, 2.45) is 0 Å². The maximum atomic E-state index is 12.2. The van der Waals surface area contributed by atoms with Gasteiger partial charge in [-0.25, -0.2) is 4.98 Å². The molecular weight excluding hydrogens is 310 g/mol.